The Bertz CT molecular complexity index is 757. The van der Waals surface area contributed by atoms with Gasteiger partial charge in [0.05, 0.1) is 13.7 Å². The highest BCUT2D eigenvalue weighted by molar-refractivity contribution is 6.33. The Morgan fingerprint density at radius 3 is 2.46 bits per heavy atom. The number of hydrogen-bond donors (Lipinski definition) is 0. The Balaban J connectivity index is 2.01. The van der Waals surface area contributed by atoms with E-state index in [0.29, 0.717) is 6.42 Å². The highest BCUT2D eigenvalue weighted by atomic mass is 16.6. The van der Waals surface area contributed by atoms with Crippen LogP contribution < -0.4 is 0 Å². The van der Waals surface area contributed by atoms with Gasteiger partial charge >= 0.3 is 18.0 Å². The molecule has 0 unspecified atom stereocenters. The van der Waals surface area contributed by atoms with Crippen LogP contribution in [0.3, 0.4) is 0 Å². The number of ketones is 1. The van der Waals surface area contributed by atoms with Crippen LogP contribution in [0.25, 0.3) is 0 Å². The number of nitrogens with zero attached hydrogens (tertiary/aromatic N) is 1. The number of methoxy groups -OCH3 is 1. The van der Waals surface area contributed by atoms with E-state index in [1.54, 1.807) is 13.0 Å². The third-order valence-electron chi connectivity index (χ3n) is 4.17. The summed E-state index contributed by atoms with van der Waals surface area (Å²) >= 11 is 0. The maximum Gasteiger partial charge on any atom is 0.414 e. The minimum atomic E-state index is -0.910. The first-order valence-corrected chi connectivity index (χ1v) is 8.94. The zero-order chi connectivity index (χ0) is 20.5. The molecule has 0 N–H and O–H groups in total. The molecule has 0 fully saturated rings. The van der Waals surface area contributed by atoms with Gasteiger partial charge in [-0.05, 0) is 30.9 Å². The van der Waals surface area contributed by atoms with Crippen molar-refractivity contribution in [1.29, 1.82) is 0 Å². The topological polar surface area (TPSA) is 99.2 Å². The smallest absolute Gasteiger partial charge is 0.414 e. The number of rotatable bonds is 8. The van der Waals surface area contributed by atoms with E-state index in [1.165, 1.54) is 4.90 Å². The third kappa shape index (κ3) is 5.67. The van der Waals surface area contributed by atoms with E-state index in [9.17, 15) is 19.2 Å². The van der Waals surface area contributed by atoms with E-state index in [0.717, 1.165) is 12.7 Å². The van der Waals surface area contributed by atoms with E-state index in [1.807, 2.05) is 30.3 Å². The Hall–Kier alpha value is -3.16. The largest absolute Gasteiger partial charge is 0.463 e. The van der Waals surface area contributed by atoms with E-state index in [2.05, 4.69) is 4.74 Å². The molecular formula is C20H23NO7. The van der Waals surface area contributed by atoms with Gasteiger partial charge in [0.2, 0.25) is 5.78 Å². The number of Topliss-reactive ketones (excluding diaryl/α,β-unsaturated/α-hetero) is 1. The lowest BCUT2D eigenvalue weighted by Crippen LogP contribution is -2.33. The number of carbonyl (C=O) groups excluding carboxylic acids is 4. The van der Waals surface area contributed by atoms with Crippen molar-refractivity contribution < 1.29 is 33.4 Å². The molecule has 0 saturated carbocycles. The summed E-state index contributed by atoms with van der Waals surface area (Å²) in [6.45, 7) is 2.06. The standard InChI is InChI=1S/C20H23NO7/c1-3-27-18(23)16-11-15(9-10-17(22)19(24)26-2)12-21(16)20(25)28-13-14-7-5-4-6-8-14/h4-8,11,15H,3,9-10,12-13H2,1-2H3/t15-/m1/s1. The van der Waals surface area contributed by atoms with Crippen LogP contribution >= 0.6 is 0 Å². The average Bonchev–Trinajstić information content (AvgIpc) is 3.15. The lowest BCUT2D eigenvalue weighted by atomic mass is 10.0. The minimum absolute atomic E-state index is 0.0448. The van der Waals surface area contributed by atoms with Crippen molar-refractivity contribution in [2.24, 2.45) is 5.92 Å². The maximum absolute atomic E-state index is 12.5. The Morgan fingerprint density at radius 2 is 1.82 bits per heavy atom. The second-order valence-electron chi connectivity index (χ2n) is 6.14. The lowest BCUT2D eigenvalue weighted by Gasteiger charge is -2.19. The van der Waals surface area contributed by atoms with Gasteiger partial charge in [0.25, 0.3) is 0 Å². The van der Waals surface area contributed by atoms with Crippen molar-refractivity contribution in [2.45, 2.75) is 26.4 Å². The van der Waals surface area contributed by atoms with Crippen molar-refractivity contribution in [3.8, 4) is 0 Å². The Labute approximate surface area is 163 Å². The summed E-state index contributed by atoms with van der Waals surface area (Å²) in [5.41, 5.74) is 0.896. The van der Waals surface area contributed by atoms with Crippen LogP contribution in [0.4, 0.5) is 4.79 Å². The van der Waals surface area contributed by atoms with Gasteiger partial charge in [0, 0.05) is 13.0 Å². The monoisotopic (exact) mass is 389 g/mol. The van der Waals surface area contributed by atoms with Crippen LogP contribution in [-0.2, 0) is 35.2 Å². The molecule has 0 aliphatic carbocycles. The molecule has 0 saturated heterocycles. The number of hydrogen-bond acceptors (Lipinski definition) is 7. The van der Waals surface area contributed by atoms with E-state index in [4.69, 9.17) is 9.47 Å². The molecule has 0 radical (unpaired) electrons. The molecule has 0 aromatic heterocycles. The van der Waals surface area contributed by atoms with Crippen LogP contribution in [-0.4, -0.2) is 49.0 Å². The van der Waals surface area contributed by atoms with Crippen molar-refractivity contribution in [3.63, 3.8) is 0 Å². The summed E-state index contributed by atoms with van der Waals surface area (Å²) in [6, 6.07) is 9.16. The van der Waals surface area contributed by atoms with Gasteiger partial charge in [-0.25, -0.2) is 14.4 Å². The fourth-order valence-corrected chi connectivity index (χ4v) is 2.76. The predicted octanol–water partition coefficient (Wildman–Crippen LogP) is 2.22. The predicted molar refractivity (Wildman–Crippen MR) is 97.8 cm³/mol. The molecule has 2 rings (SSSR count). The first kappa shape index (κ1) is 21.1. The number of benzene rings is 1. The normalized spacial score (nSPS) is 15.6. The Kier molecular flexibility index (Phi) is 7.74. The molecule has 1 amide bonds. The van der Waals surface area contributed by atoms with Gasteiger partial charge in [0.1, 0.15) is 12.3 Å². The van der Waals surface area contributed by atoms with Crippen LogP contribution in [0.2, 0.25) is 0 Å². The van der Waals surface area contributed by atoms with Crippen LogP contribution in [0.15, 0.2) is 42.1 Å². The van der Waals surface area contributed by atoms with Gasteiger partial charge in [-0.2, -0.15) is 0 Å². The van der Waals surface area contributed by atoms with E-state index >= 15 is 0 Å². The molecule has 28 heavy (non-hydrogen) atoms. The number of ether oxygens (including phenoxy) is 3. The summed E-state index contributed by atoms with van der Waals surface area (Å²) in [6.07, 6.45) is 1.15. The molecule has 1 aliphatic heterocycles. The summed E-state index contributed by atoms with van der Waals surface area (Å²) in [4.78, 5) is 48.7. The zero-order valence-corrected chi connectivity index (χ0v) is 15.9. The molecule has 1 aromatic carbocycles. The quantitative estimate of drug-likeness (QED) is 0.382. The second kappa shape index (κ2) is 10.2. The lowest BCUT2D eigenvalue weighted by molar-refractivity contribution is -0.151. The summed E-state index contributed by atoms with van der Waals surface area (Å²) in [5, 5.41) is 0. The summed E-state index contributed by atoms with van der Waals surface area (Å²) in [7, 11) is 1.14. The second-order valence-corrected chi connectivity index (χ2v) is 6.14. The molecule has 0 spiro atoms. The molecular weight excluding hydrogens is 366 g/mol. The first-order chi connectivity index (χ1) is 13.5. The van der Waals surface area contributed by atoms with Crippen LogP contribution in [0.1, 0.15) is 25.3 Å². The van der Waals surface area contributed by atoms with Crippen molar-refractivity contribution in [3.05, 3.63) is 47.7 Å². The number of esters is 2. The van der Waals surface area contributed by atoms with Crippen LogP contribution in [0, 0.1) is 5.92 Å². The van der Waals surface area contributed by atoms with Gasteiger partial charge in [-0.3, -0.25) is 9.69 Å². The van der Waals surface area contributed by atoms with Crippen molar-refractivity contribution in [2.75, 3.05) is 20.3 Å². The SMILES string of the molecule is CCOC(=O)C1=C[C@@H](CCC(=O)C(=O)OC)CN1C(=O)OCc1ccccc1. The van der Waals surface area contributed by atoms with Crippen molar-refractivity contribution in [1.82, 2.24) is 4.90 Å². The van der Waals surface area contributed by atoms with Gasteiger partial charge < -0.3 is 14.2 Å². The van der Waals surface area contributed by atoms with E-state index in [-0.39, 0.29) is 37.8 Å². The molecule has 1 aliphatic rings. The fourth-order valence-electron chi connectivity index (χ4n) is 2.76. The molecule has 1 heterocycles. The highest BCUT2D eigenvalue weighted by Gasteiger charge is 2.34. The third-order valence-corrected chi connectivity index (χ3v) is 4.17. The Morgan fingerprint density at radius 1 is 1.11 bits per heavy atom. The first-order valence-electron chi connectivity index (χ1n) is 8.94. The van der Waals surface area contributed by atoms with Gasteiger partial charge in [-0.15, -0.1) is 0 Å². The molecule has 1 atom stereocenters. The molecule has 1 aromatic rings. The van der Waals surface area contributed by atoms with Crippen LogP contribution in [0.5, 0.6) is 0 Å². The molecule has 150 valence electrons. The maximum atomic E-state index is 12.5. The average molecular weight is 389 g/mol. The summed E-state index contributed by atoms with van der Waals surface area (Å²) < 4.78 is 14.7. The fraction of sp³-hybridized carbons (Fsp3) is 0.400. The van der Waals surface area contributed by atoms with Crippen molar-refractivity contribution >= 4 is 23.8 Å². The molecule has 8 heteroatoms. The summed E-state index contributed by atoms with van der Waals surface area (Å²) in [5.74, 6) is -2.48. The molecule has 0 bridgehead atoms. The van der Waals surface area contributed by atoms with E-state index < -0.39 is 23.8 Å². The number of carbonyl (C=O) groups is 4. The zero-order valence-electron chi connectivity index (χ0n) is 15.9. The minimum Gasteiger partial charge on any atom is -0.463 e. The molecule has 8 nitrogen and oxygen atoms in total. The number of amides is 1. The van der Waals surface area contributed by atoms with Gasteiger partial charge in [-0.1, -0.05) is 30.3 Å². The highest BCUT2D eigenvalue weighted by Crippen LogP contribution is 2.26. The van der Waals surface area contributed by atoms with Gasteiger partial charge in [0.15, 0.2) is 0 Å².